The van der Waals surface area contributed by atoms with Gasteiger partial charge in [-0.3, -0.25) is 14.5 Å². The molecular weight excluding hydrogens is 256 g/mol. The summed E-state index contributed by atoms with van der Waals surface area (Å²) in [5.74, 6) is -0.971. The Bertz CT molecular complexity index is 368. The van der Waals surface area contributed by atoms with Gasteiger partial charge in [-0.1, -0.05) is 6.92 Å². The Kier molecular flexibility index (Phi) is 5.57. The van der Waals surface area contributed by atoms with Crippen LogP contribution in [0.4, 0.5) is 0 Å². The summed E-state index contributed by atoms with van der Waals surface area (Å²) in [7, 11) is 0. The lowest BCUT2D eigenvalue weighted by Crippen LogP contribution is -2.56. The van der Waals surface area contributed by atoms with Crippen molar-refractivity contribution in [3.63, 3.8) is 0 Å². The Hall–Kier alpha value is -1.10. The minimum Gasteiger partial charge on any atom is -0.481 e. The molecule has 0 aliphatic carbocycles. The van der Waals surface area contributed by atoms with Crippen LogP contribution < -0.4 is 5.32 Å². The second kappa shape index (κ2) is 6.57. The molecule has 0 aromatic heterocycles. The average molecular weight is 284 g/mol. The van der Waals surface area contributed by atoms with Crippen molar-refractivity contribution >= 4 is 11.9 Å². The molecule has 0 radical (unpaired) electrons. The van der Waals surface area contributed by atoms with Crippen molar-refractivity contribution in [2.45, 2.75) is 71.5 Å². The lowest BCUT2D eigenvalue weighted by molar-refractivity contribution is -0.144. The monoisotopic (exact) mass is 284 g/mol. The van der Waals surface area contributed by atoms with Crippen molar-refractivity contribution in [2.75, 3.05) is 6.54 Å². The second-order valence-corrected chi connectivity index (χ2v) is 6.55. The molecule has 1 saturated heterocycles. The van der Waals surface area contributed by atoms with Crippen LogP contribution >= 0.6 is 0 Å². The standard InChI is InChI=1S/C15H28N2O3/c1-6-15(4,5)16-13(18)11(3)17-8-7-12(14(19)20)9-10(17)2/h10-12H,6-9H2,1-5H3,(H,16,18)(H,19,20). The van der Waals surface area contributed by atoms with E-state index >= 15 is 0 Å². The molecule has 1 aliphatic heterocycles. The SMILES string of the molecule is CCC(C)(C)NC(=O)C(C)N1CCC(C(=O)O)CC1C. The predicted molar refractivity (Wildman–Crippen MR) is 78.5 cm³/mol. The Balaban J connectivity index is 2.62. The molecule has 5 nitrogen and oxygen atoms in total. The van der Waals surface area contributed by atoms with Gasteiger partial charge in [-0.05, 0) is 47.0 Å². The molecule has 116 valence electrons. The molecule has 3 unspecified atom stereocenters. The number of nitrogens with one attached hydrogen (secondary N) is 1. The van der Waals surface area contributed by atoms with E-state index in [2.05, 4.69) is 10.2 Å². The molecule has 0 spiro atoms. The maximum absolute atomic E-state index is 12.3. The zero-order valence-corrected chi connectivity index (χ0v) is 13.3. The van der Waals surface area contributed by atoms with Crippen LogP contribution in [0.1, 0.15) is 53.9 Å². The van der Waals surface area contributed by atoms with Crippen molar-refractivity contribution in [2.24, 2.45) is 5.92 Å². The summed E-state index contributed by atoms with van der Waals surface area (Å²) in [6, 6.07) is -0.0964. The first-order valence-electron chi connectivity index (χ1n) is 7.48. The maximum Gasteiger partial charge on any atom is 0.306 e. The van der Waals surface area contributed by atoms with Crippen LogP contribution in [-0.4, -0.2) is 46.1 Å². The fraction of sp³-hybridized carbons (Fsp3) is 0.867. The summed E-state index contributed by atoms with van der Waals surface area (Å²) >= 11 is 0. The third-order valence-electron chi connectivity index (χ3n) is 4.50. The van der Waals surface area contributed by atoms with Crippen LogP contribution in [0, 0.1) is 5.92 Å². The molecule has 1 fully saturated rings. The maximum atomic E-state index is 12.3. The first kappa shape index (κ1) is 17.0. The van der Waals surface area contributed by atoms with E-state index in [0.29, 0.717) is 19.4 Å². The van der Waals surface area contributed by atoms with Gasteiger partial charge in [0.15, 0.2) is 0 Å². The second-order valence-electron chi connectivity index (χ2n) is 6.55. The number of amides is 1. The molecule has 0 aromatic carbocycles. The smallest absolute Gasteiger partial charge is 0.306 e. The van der Waals surface area contributed by atoms with E-state index in [1.54, 1.807) is 0 Å². The highest BCUT2D eigenvalue weighted by Crippen LogP contribution is 2.25. The molecule has 1 heterocycles. The van der Waals surface area contributed by atoms with Gasteiger partial charge in [0.05, 0.1) is 12.0 Å². The Morgan fingerprint density at radius 1 is 1.45 bits per heavy atom. The number of piperidine rings is 1. The van der Waals surface area contributed by atoms with Gasteiger partial charge in [0.1, 0.15) is 0 Å². The topological polar surface area (TPSA) is 69.6 Å². The summed E-state index contributed by atoms with van der Waals surface area (Å²) in [5, 5.41) is 12.1. The molecule has 20 heavy (non-hydrogen) atoms. The zero-order chi connectivity index (χ0) is 15.5. The number of carbonyl (C=O) groups is 2. The molecule has 3 atom stereocenters. The number of hydrogen-bond donors (Lipinski definition) is 2. The zero-order valence-electron chi connectivity index (χ0n) is 13.3. The van der Waals surface area contributed by atoms with E-state index in [4.69, 9.17) is 5.11 Å². The average Bonchev–Trinajstić information content (AvgIpc) is 2.37. The number of carboxylic acid groups (broad SMARTS) is 1. The largest absolute Gasteiger partial charge is 0.481 e. The summed E-state index contributed by atoms with van der Waals surface area (Å²) in [5.41, 5.74) is -0.200. The van der Waals surface area contributed by atoms with Crippen LogP contribution in [0.25, 0.3) is 0 Å². The van der Waals surface area contributed by atoms with Crippen LogP contribution in [0.15, 0.2) is 0 Å². The highest BCUT2D eigenvalue weighted by molar-refractivity contribution is 5.82. The van der Waals surface area contributed by atoms with Crippen molar-refractivity contribution in [1.82, 2.24) is 10.2 Å². The number of aliphatic carboxylic acids is 1. The van der Waals surface area contributed by atoms with E-state index < -0.39 is 5.97 Å². The van der Waals surface area contributed by atoms with Gasteiger partial charge in [0, 0.05) is 18.1 Å². The Morgan fingerprint density at radius 3 is 2.50 bits per heavy atom. The molecule has 2 N–H and O–H groups in total. The quantitative estimate of drug-likeness (QED) is 0.808. The molecule has 5 heteroatoms. The first-order valence-corrected chi connectivity index (χ1v) is 7.48. The van der Waals surface area contributed by atoms with Gasteiger partial charge in [0.2, 0.25) is 5.91 Å². The predicted octanol–water partition coefficient (Wildman–Crippen LogP) is 1.86. The highest BCUT2D eigenvalue weighted by Gasteiger charge is 2.35. The molecule has 1 aliphatic rings. The first-order chi connectivity index (χ1) is 9.18. The highest BCUT2D eigenvalue weighted by atomic mass is 16.4. The summed E-state index contributed by atoms with van der Waals surface area (Å²) < 4.78 is 0. The Labute approximate surface area is 121 Å². The van der Waals surface area contributed by atoms with Crippen LogP contribution in [0.3, 0.4) is 0 Å². The van der Waals surface area contributed by atoms with Crippen molar-refractivity contribution in [3.05, 3.63) is 0 Å². The van der Waals surface area contributed by atoms with E-state index in [-0.39, 0.29) is 29.4 Å². The third-order valence-corrected chi connectivity index (χ3v) is 4.50. The van der Waals surface area contributed by atoms with Crippen LogP contribution in [0.5, 0.6) is 0 Å². The van der Waals surface area contributed by atoms with E-state index in [1.165, 1.54) is 0 Å². The van der Waals surface area contributed by atoms with Gasteiger partial charge in [-0.15, -0.1) is 0 Å². The summed E-state index contributed by atoms with van der Waals surface area (Å²) in [6.45, 7) is 10.6. The number of nitrogens with zero attached hydrogens (tertiary/aromatic N) is 1. The number of carboxylic acids is 1. The van der Waals surface area contributed by atoms with Crippen molar-refractivity contribution in [1.29, 1.82) is 0 Å². The van der Waals surface area contributed by atoms with Crippen molar-refractivity contribution in [3.8, 4) is 0 Å². The minimum absolute atomic E-state index is 0.0254. The summed E-state index contributed by atoms with van der Waals surface area (Å²) in [6.07, 6.45) is 2.11. The number of likely N-dealkylation sites (tertiary alicyclic amines) is 1. The minimum atomic E-state index is -0.722. The molecule has 1 rings (SSSR count). The van der Waals surface area contributed by atoms with Crippen molar-refractivity contribution < 1.29 is 14.7 Å². The molecule has 0 bridgehead atoms. The summed E-state index contributed by atoms with van der Waals surface area (Å²) in [4.78, 5) is 25.5. The van der Waals surface area contributed by atoms with Gasteiger partial charge in [-0.2, -0.15) is 0 Å². The van der Waals surface area contributed by atoms with E-state index in [9.17, 15) is 9.59 Å². The number of carbonyl (C=O) groups excluding carboxylic acids is 1. The van der Waals surface area contributed by atoms with Gasteiger partial charge in [0.25, 0.3) is 0 Å². The lowest BCUT2D eigenvalue weighted by atomic mass is 9.90. The molecular formula is C15H28N2O3. The van der Waals surface area contributed by atoms with Crippen LogP contribution in [0.2, 0.25) is 0 Å². The number of rotatable bonds is 5. The van der Waals surface area contributed by atoms with Crippen LogP contribution in [-0.2, 0) is 9.59 Å². The van der Waals surface area contributed by atoms with E-state index in [1.807, 2.05) is 34.6 Å². The molecule has 0 aromatic rings. The van der Waals surface area contributed by atoms with E-state index in [0.717, 1.165) is 6.42 Å². The fourth-order valence-electron chi connectivity index (χ4n) is 2.67. The molecule has 0 saturated carbocycles. The third kappa shape index (κ3) is 4.20. The Morgan fingerprint density at radius 2 is 2.05 bits per heavy atom. The normalized spacial score (nSPS) is 26.1. The lowest BCUT2D eigenvalue weighted by Gasteiger charge is -2.40. The van der Waals surface area contributed by atoms with Gasteiger partial charge in [-0.25, -0.2) is 0 Å². The number of hydrogen-bond acceptors (Lipinski definition) is 3. The van der Waals surface area contributed by atoms with Gasteiger partial charge >= 0.3 is 5.97 Å². The molecule has 1 amide bonds. The van der Waals surface area contributed by atoms with Gasteiger partial charge < -0.3 is 10.4 Å². The fourth-order valence-corrected chi connectivity index (χ4v) is 2.67.